The van der Waals surface area contributed by atoms with Crippen LogP contribution < -0.4 is 5.56 Å². The molecule has 0 saturated carbocycles. The monoisotopic (exact) mass is 258 g/mol. The molecule has 1 atom stereocenters. The van der Waals surface area contributed by atoms with Crippen LogP contribution in [0.25, 0.3) is 11.0 Å². The minimum Gasteiger partial charge on any atom is -0.299 e. The molecule has 3 rings (SSSR count). The van der Waals surface area contributed by atoms with Gasteiger partial charge < -0.3 is 0 Å². The number of pyridine rings is 1. The number of likely N-dealkylation sites (tertiary alicyclic amines) is 1. The molecule has 0 bridgehead atoms. The molecule has 0 radical (unpaired) electrons. The Morgan fingerprint density at radius 3 is 3.16 bits per heavy atom. The van der Waals surface area contributed by atoms with Crippen molar-refractivity contribution in [2.24, 2.45) is 0 Å². The summed E-state index contributed by atoms with van der Waals surface area (Å²) in [6, 6.07) is 4.03. The standard InChI is InChI=1S/C14H18N4O/c1-2-17-8-4-5-11(17)9-18-10-16-13-12(14(18)19)6-3-7-15-13/h3,6-7,10-11H,2,4-5,8-9H2,1H3. The molecule has 5 heteroatoms. The smallest absolute Gasteiger partial charge is 0.262 e. The minimum absolute atomic E-state index is 0.0149. The molecule has 1 fully saturated rings. The van der Waals surface area contributed by atoms with Gasteiger partial charge in [0.1, 0.15) is 6.33 Å². The number of aromatic nitrogens is 3. The summed E-state index contributed by atoms with van der Waals surface area (Å²) >= 11 is 0. The van der Waals surface area contributed by atoms with E-state index in [4.69, 9.17) is 0 Å². The van der Waals surface area contributed by atoms with Crippen molar-refractivity contribution in [2.75, 3.05) is 13.1 Å². The molecule has 1 unspecified atom stereocenters. The van der Waals surface area contributed by atoms with E-state index in [-0.39, 0.29) is 5.56 Å². The summed E-state index contributed by atoms with van der Waals surface area (Å²) < 4.78 is 1.72. The molecule has 19 heavy (non-hydrogen) atoms. The van der Waals surface area contributed by atoms with E-state index in [1.54, 1.807) is 29.2 Å². The van der Waals surface area contributed by atoms with E-state index >= 15 is 0 Å². The van der Waals surface area contributed by atoms with Crippen LogP contribution in [0.15, 0.2) is 29.5 Å². The van der Waals surface area contributed by atoms with Crippen molar-refractivity contribution >= 4 is 11.0 Å². The predicted octanol–water partition coefficient (Wildman–Crippen LogP) is 1.28. The topological polar surface area (TPSA) is 51.0 Å². The van der Waals surface area contributed by atoms with E-state index in [1.807, 2.05) is 0 Å². The number of hydrogen-bond acceptors (Lipinski definition) is 4. The summed E-state index contributed by atoms with van der Waals surface area (Å²) in [6.45, 7) is 5.08. The van der Waals surface area contributed by atoms with Gasteiger partial charge in [-0.15, -0.1) is 0 Å². The van der Waals surface area contributed by atoms with Crippen molar-refractivity contribution in [3.63, 3.8) is 0 Å². The fourth-order valence-electron chi connectivity index (χ4n) is 2.87. The first-order valence-corrected chi connectivity index (χ1v) is 6.84. The molecule has 0 spiro atoms. The molecule has 5 nitrogen and oxygen atoms in total. The Morgan fingerprint density at radius 2 is 2.32 bits per heavy atom. The van der Waals surface area contributed by atoms with Crippen LogP contribution in [-0.4, -0.2) is 38.6 Å². The van der Waals surface area contributed by atoms with Gasteiger partial charge in [-0.05, 0) is 38.1 Å². The van der Waals surface area contributed by atoms with E-state index < -0.39 is 0 Å². The number of likely N-dealkylation sites (N-methyl/N-ethyl adjacent to an activating group) is 1. The van der Waals surface area contributed by atoms with Gasteiger partial charge in [0.2, 0.25) is 0 Å². The van der Waals surface area contributed by atoms with Crippen molar-refractivity contribution < 1.29 is 0 Å². The van der Waals surface area contributed by atoms with Gasteiger partial charge in [-0.1, -0.05) is 6.92 Å². The van der Waals surface area contributed by atoms with Gasteiger partial charge in [0.05, 0.1) is 5.39 Å². The highest BCUT2D eigenvalue weighted by Gasteiger charge is 2.23. The van der Waals surface area contributed by atoms with Crippen molar-refractivity contribution in [3.8, 4) is 0 Å². The van der Waals surface area contributed by atoms with Crippen LogP contribution in [0.5, 0.6) is 0 Å². The van der Waals surface area contributed by atoms with Gasteiger partial charge in [-0.3, -0.25) is 14.3 Å². The van der Waals surface area contributed by atoms with Crippen molar-refractivity contribution in [2.45, 2.75) is 32.4 Å². The first-order valence-electron chi connectivity index (χ1n) is 6.84. The van der Waals surface area contributed by atoms with Gasteiger partial charge in [0.15, 0.2) is 5.65 Å². The second-order valence-electron chi connectivity index (χ2n) is 5.00. The lowest BCUT2D eigenvalue weighted by Crippen LogP contribution is -2.36. The highest BCUT2D eigenvalue weighted by atomic mass is 16.1. The molecule has 0 N–H and O–H groups in total. The van der Waals surface area contributed by atoms with E-state index in [0.29, 0.717) is 17.1 Å². The van der Waals surface area contributed by atoms with Crippen molar-refractivity contribution in [1.82, 2.24) is 19.4 Å². The molecule has 100 valence electrons. The Balaban J connectivity index is 1.93. The number of fused-ring (bicyclic) bond motifs is 1. The SMILES string of the molecule is CCN1CCCC1Cn1cnc2ncccc2c1=O. The van der Waals surface area contributed by atoms with Gasteiger partial charge >= 0.3 is 0 Å². The second kappa shape index (κ2) is 5.09. The summed E-state index contributed by atoms with van der Waals surface area (Å²) in [5, 5.41) is 0.603. The van der Waals surface area contributed by atoms with E-state index in [0.717, 1.165) is 26.1 Å². The first-order chi connectivity index (χ1) is 9.29. The second-order valence-corrected chi connectivity index (χ2v) is 5.00. The molecular formula is C14H18N4O. The normalized spacial score (nSPS) is 20.2. The lowest BCUT2D eigenvalue weighted by atomic mass is 10.2. The molecule has 0 aromatic carbocycles. The maximum absolute atomic E-state index is 12.4. The quantitative estimate of drug-likeness (QED) is 0.832. The van der Waals surface area contributed by atoms with Crippen LogP contribution in [0.2, 0.25) is 0 Å². The van der Waals surface area contributed by atoms with Gasteiger partial charge in [0, 0.05) is 18.8 Å². The van der Waals surface area contributed by atoms with Crippen LogP contribution in [0.3, 0.4) is 0 Å². The summed E-state index contributed by atoms with van der Waals surface area (Å²) in [5.41, 5.74) is 0.545. The molecule has 1 saturated heterocycles. The summed E-state index contributed by atoms with van der Waals surface area (Å²) in [4.78, 5) is 23.2. The van der Waals surface area contributed by atoms with Crippen molar-refractivity contribution in [1.29, 1.82) is 0 Å². The number of nitrogens with zero attached hydrogens (tertiary/aromatic N) is 4. The zero-order valence-electron chi connectivity index (χ0n) is 11.1. The van der Waals surface area contributed by atoms with Crippen LogP contribution in [-0.2, 0) is 6.54 Å². The van der Waals surface area contributed by atoms with E-state index in [2.05, 4.69) is 21.8 Å². The number of hydrogen-bond donors (Lipinski definition) is 0. The minimum atomic E-state index is 0.0149. The molecule has 0 aliphatic carbocycles. The molecule has 3 heterocycles. The molecular weight excluding hydrogens is 240 g/mol. The summed E-state index contributed by atoms with van der Waals surface area (Å²) in [5.74, 6) is 0. The third-order valence-electron chi connectivity index (χ3n) is 3.91. The lowest BCUT2D eigenvalue weighted by molar-refractivity contribution is 0.242. The van der Waals surface area contributed by atoms with Gasteiger partial charge in [-0.2, -0.15) is 0 Å². The van der Waals surface area contributed by atoms with Crippen LogP contribution in [0, 0.1) is 0 Å². The maximum Gasteiger partial charge on any atom is 0.262 e. The molecule has 0 amide bonds. The first kappa shape index (κ1) is 12.3. The largest absolute Gasteiger partial charge is 0.299 e. The fraction of sp³-hybridized carbons (Fsp3) is 0.500. The zero-order chi connectivity index (χ0) is 13.2. The number of rotatable bonds is 3. The van der Waals surface area contributed by atoms with E-state index in [1.165, 1.54) is 6.42 Å². The fourth-order valence-corrected chi connectivity index (χ4v) is 2.87. The molecule has 1 aliphatic heterocycles. The third kappa shape index (κ3) is 2.26. The Hall–Kier alpha value is -1.75. The maximum atomic E-state index is 12.4. The van der Waals surface area contributed by atoms with Crippen molar-refractivity contribution in [3.05, 3.63) is 35.0 Å². The molecule has 2 aromatic rings. The summed E-state index contributed by atoms with van der Waals surface area (Å²) in [7, 11) is 0. The van der Waals surface area contributed by atoms with E-state index in [9.17, 15) is 4.79 Å². The van der Waals surface area contributed by atoms with Gasteiger partial charge in [0.25, 0.3) is 5.56 Å². The Labute approximate surface area is 111 Å². The molecule has 2 aromatic heterocycles. The zero-order valence-corrected chi connectivity index (χ0v) is 11.1. The average molecular weight is 258 g/mol. The van der Waals surface area contributed by atoms with Crippen LogP contribution in [0.1, 0.15) is 19.8 Å². The average Bonchev–Trinajstić information content (AvgIpc) is 2.89. The highest BCUT2D eigenvalue weighted by molar-refractivity contribution is 5.72. The predicted molar refractivity (Wildman–Crippen MR) is 74.1 cm³/mol. The lowest BCUT2D eigenvalue weighted by Gasteiger charge is -2.23. The van der Waals surface area contributed by atoms with Gasteiger partial charge in [-0.25, -0.2) is 9.97 Å². The molecule has 1 aliphatic rings. The summed E-state index contributed by atoms with van der Waals surface area (Å²) in [6.07, 6.45) is 5.67. The Bertz CT molecular complexity index is 637. The Kier molecular flexibility index (Phi) is 3.29. The third-order valence-corrected chi connectivity index (χ3v) is 3.91. The van der Waals surface area contributed by atoms with Crippen LogP contribution in [0.4, 0.5) is 0 Å². The highest BCUT2D eigenvalue weighted by Crippen LogP contribution is 2.17. The van der Waals surface area contributed by atoms with Crippen LogP contribution >= 0.6 is 0 Å². The Morgan fingerprint density at radius 1 is 1.42 bits per heavy atom.